The first-order valence-electron chi connectivity index (χ1n) is 33.8. The number of alkyl carbamates (subject to hydrolysis) is 1. The van der Waals surface area contributed by atoms with Gasteiger partial charge in [-0.1, -0.05) is 109 Å². The minimum atomic E-state index is -1.38. The maximum absolute atomic E-state index is 14.4. The number of nitrogens with one attached hydrogen (secondary N) is 3. The lowest BCUT2D eigenvalue weighted by Gasteiger charge is -2.40. The number of hydrogen-bond acceptors (Lipinski definition) is 17. The number of pyridine rings is 2. The van der Waals surface area contributed by atoms with Crippen LogP contribution in [0, 0.1) is 16.7 Å². The van der Waals surface area contributed by atoms with E-state index in [0.717, 1.165) is 22.9 Å². The van der Waals surface area contributed by atoms with E-state index >= 15 is 0 Å². The predicted octanol–water partition coefficient (Wildman–Crippen LogP) is 12.0. The van der Waals surface area contributed by atoms with Crippen molar-refractivity contribution in [3.8, 4) is 45.5 Å². The van der Waals surface area contributed by atoms with Crippen molar-refractivity contribution in [3.63, 3.8) is 0 Å². The van der Waals surface area contributed by atoms with Crippen molar-refractivity contribution in [1.29, 1.82) is 0 Å². The third kappa shape index (κ3) is 18.6. The summed E-state index contributed by atoms with van der Waals surface area (Å²) in [6, 6.07) is 31.1. The Bertz CT molecular complexity index is 3960. The number of likely N-dealkylation sites (tertiary alicyclic amines) is 2. The summed E-state index contributed by atoms with van der Waals surface area (Å²) in [7, 11) is 4.48. The quantitative estimate of drug-likeness (QED) is 0.0418. The molecule has 4 fully saturated rings. The highest BCUT2D eigenvalue weighted by molar-refractivity contribution is 5.96. The average molecular weight is 1380 g/mol. The number of nitrogens with zero attached hydrogens (tertiary/aromatic N) is 4. The normalized spacial score (nSPS) is 19.0. The molecule has 4 aliphatic rings. The van der Waals surface area contributed by atoms with E-state index in [1.807, 2.05) is 145 Å². The van der Waals surface area contributed by atoms with Crippen molar-refractivity contribution in [2.24, 2.45) is 16.7 Å². The van der Waals surface area contributed by atoms with Crippen LogP contribution in [0.15, 0.2) is 109 Å². The SMILES string of the molecule is COC(=O)C1(NC(=O)[C@@H]2CC(Oc3cc(-c4ccccc4)nc4cc(OC)ccc34)CN2C(=O)OC(C)(C)C)CCC1.COc1ccc2c(OC3C[C@@H](C(=O)NC4(C(=O)O)CCC4)N(C(=O)[C@@H](NC(=O)OC(C)(C)C)C(C)(C)C)C3)cc(-c3ccccc3)nc2c1.C[C@H](C(=O)O)C(C)(C)C. The number of benzene rings is 4. The molecule has 10 rings (SSSR count). The molecule has 6 aromatic rings. The summed E-state index contributed by atoms with van der Waals surface area (Å²) in [5.41, 5.74) is -0.405. The number of amides is 5. The van der Waals surface area contributed by atoms with Gasteiger partial charge >= 0.3 is 30.1 Å². The van der Waals surface area contributed by atoms with Crippen molar-refractivity contribution in [1.82, 2.24) is 35.7 Å². The van der Waals surface area contributed by atoms with E-state index in [4.69, 9.17) is 48.2 Å². The fourth-order valence-electron chi connectivity index (χ4n) is 12.0. The van der Waals surface area contributed by atoms with Crippen LogP contribution in [0.1, 0.15) is 141 Å². The molecule has 4 aromatic carbocycles. The van der Waals surface area contributed by atoms with Crippen LogP contribution in [-0.2, 0) is 43.0 Å². The lowest BCUT2D eigenvalue weighted by Crippen LogP contribution is -2.63. The number of ether oxygens (including phenoxy) is 7. The predicted molar refractivity (Wildman–Crippen MR) is 376 cm³/mol. The largest absolute Gasteiger partial charge is 0.497 e. The van der Waals surface area contributed by atoms with Crippen molar-refractivity contribution in [2.45, 2.75) is 194 Å². The fourth-order valence-corrected chi connectivity index (χ4v) is 12.0. The number of hydrogen-bond donors (Lipinski definition) is 5. The zero-order valence-electron chi connectivity index (χ0n) is 60.2. The summed E-state index contributed by atoms with van der Waals surface area (Å²) in [6.07, 6.45) is 0.775. The van der Waals surface area contributed by atoms with Crippen molar-refractivity contribution in [3.05, 3.63) is 109 Å². The Kier molecular flexibility index (Phi) is 23.4. The van der Waals surface area contributed by atoms with Gasteiger partial charge in [-0.2, -0.15) is 0 Å². The summed E-state index contributed by atoms with van der Waals surface area (Å²) >= 11 is 0. The molecule has 100 heavy (non-hydrogen) atoms. The van der Waals surface area contributed by atoms with Gasteiger partial charge < -0.3 is 64.2 Å². The summed E-state index contributed by atoms with van der Waals surface area (Å²) in [5, 5.41) is 28.3. The first kappa shape index (κ1) is 76.0. The molecule has 6 atom stereocenters. The van der Waals surface area contributed by atoms with Gasteiger partial charge in [-0.25, -0.2) is 29.1 Å². The molecule has 2 unspecified atom stereocenters. The number of aliphatic carboxylic acids is 2. The number of carbonyl (C=O) groups is 8. The van der Waals surface area contributed by atoms with E-state index in [2.05, 4.69) is 16.0 Å². The van der Waals surface area contributed by atoms with Gasteiger partial charge in [-0.05, 0) is 115 Å². The number of rotatable bonds is 17. The molecule has 24 nitrogen and oxygen atoms in total. The van der Waals surface area contributed by atoms with Crippen LogP contribution >= 0.6 is 0 Å². The van der Waals surface area contributed by atoms with Crippen LogP contribution in [0.2, 0.25) is 0 Å². The molecule has 0 spiro atoms. The van der Waals surface area contributed by atoms with Crippen LogP contribution in [0.4, 0.5) is 9.59 Å². The molecule has 0 bridgehead atoms. The Morgan fingerprint density at radius 1 is 0.550 bits per heavy atom. The van der Waals surface area contributed by atoms with Crippen LogP contribution in [-0.4, -0.2) is 165 Å². The van der Waals surface area contributed by atoms with Crippen molar-refractivity contribution < 1.29 is 81.7 Å². The molecule has 2 saturated heterocycles. The van der Waals surface area contributed by atoms with Gasteiger partial charge in [0.25, 0.3) is 0 Å². The zero-order valence-corrected chi connectivity index (χ0v) is 60.2. The van der Waals surface area contributed by atoms with Crippen molar-refractivity contribution >= 4 is 69.6 Å². The standard InChI is InChI=1S/C37H46N4O8.C32H37N3O7.C7H14O2/c1-35(2,3)30(39-34(46)49-36(4,5)6)32(43)41-21-24(19-28(41)31(42)40-37(33(44)45)16-11-17-37)48-29-20-26(22-12-9-8-10-13-22)38-27-18-23(47-7)14-15-25(27)29;1-31(2,3)42-30(38)35-19-22(17-26(35)28(36)34-32(14-9-15-32)29(37)40-5)41-27-18-24(20-10-7-6-8-11-20)33-25-16-21(39-4)12-13-23(25)27;1-5(6(8)9)7(2,3)4/h8-10,12-15,18,20,24,28,30H,11,16-17,19,21H2,1-7H3,(H,39,46)(H,40,42)(H,44,45);6-8,10-13,16,18,22,26H,9,14-15,17,19H2,1-5H3,(H,34,36);5H,1-4H3,(H,8,9)/t24?,28-,30+;22?,26-;5-/m001/s1. The van der Waals surface area contributed by atoms with E-state index in [0.29, 0.717) is 82.9 Å². The second kappa shape index (κ2) is 30.8. The monoisotopic (exact) mass is 1380 g/mol. The first-order chi connectivity index (χ1) is 46.9. The van der Waals surface area contributed by atoms with E-state index in [-0.39, 0.29) is 37.3 Å². The number of aromatic nitrogens is 2. The van der Waals surface area contributed by atoms with Gasteiger partial charge in [0.15, 0.2) is 0 Å². The molecule has 5 amide bonds. The molecule has 2 aromatic heterocycles. The molecule has 0 radical (unpaired) electrons. The molecule has 5 N–H and O–H groups in total. The van der Waals surface area contributed by atoms with E-state index in [1.54, 1.807) is 68.8 Å². The van der Waals surface area contributed by atoms with Gasteiger partial charge in [-0.3, -0.25) is 24.1 Å². The van der Waals surface area contributed by atoms with E-state index in [1.165, 1.54) is 16.9 Å². The van der Waals surface area contributed by atoms with Crippen LogP contribution in [0.5, 0.6) is 23.0 Å². The second-order valence-corrected chi connectivity index (χ2v) is 30.1. The van der Waals surface area contributed by atoms with Crippen molar-refractivity contribution in [2.75, 3.05) is 34.4 Å². The van der Waals surface area contributed by atoms with E-state index < -0.39 is 106 Å². The minimum Gasteiger partial charge on any atom is -0.497 e. The van der Waals surface area contributed by atoms with Crippen LogP contribution in [0.3, 0.4) is 0 Å². The number of carbonyl (C=O) groups excluding carboxylic acids is 6. The van der Waals surface area contributed by atoms with Crippen LogP contribution < -0.4 is 34.9 Å². The smallest absolute Gasteiger partial charge is 0.411 e. The minimum absolute atomic E-state index is 0.0141. The molecule has 2 aliphatic carbocycles. The number of esters is 1. The van der Waals surface area contributed by atoms with E-state index in [9.17, 15) is 43.5 Å². The maximum atomic E-state index is 14.4. The third-order valence-corrected chi connectivity index (χ3v) is 18.3. The maximum Gasteiger partial charge on any atom is 0.411 e. The summed E-state index contributed by atoms with van der Waals surface area (Å²) in [6.45, 7) is 23.5. The van der Waals surface area contributed by atoms with Gasteiger partial charge in [0.1, 0.15) is 75.6 Å². The molecule has 2 aliphatic heterocycles. The molecular formula is C76H97N7O17. The van der Waals surface area contributed by atoms with Gasteiger partial charge in [0.05, 0.1) is 62.8 Å². The number of methoxy groups -OCH3 is 3. The second-order valence-electron chi connectivity index (χ2n) is 30.1. The highest BCUT2D eigenvalue weighted by Gasteiger charge is 2.53. The topological polar surface area (TPSA) is 310 Å². The van der Waals surface area contributed by atoms with Gasteiger partial charge in [-0.15, -0.1) is 0 Å². The number of fused-ring (bicyclic) bond motifs is 2. The molecule has 538 valence electrons. The molecular weight excluding hydrogens is 1280 g/mol. The summed E-state index contributed by atoms with van der Waals surface area (Å²) in [4.78, 5) is 116. The highest BCUT2D eigenvalue weighted by atomic mass is 16.6. The Morgan fingerprint density at radius 2 is 0.980 bits per heavy atom. The lowest BCUT2D eigenvalue weighted by molar-refractivity contribution is -0.155. The Balaban J connectivity index is 0.000000228. The first-order valence-corrected chi connectivity index (χ1v) is 33.8. The van der Waals surface area contributed by atoms with Gasteiger partial charge in [0, 0.05) is 59.0 Å². The molecule has 24 heteroatoms. The lowest BCUT2D eigenvalue weighted by atomic mass is 9.76. The summed E-state index contributed by atoms with van der Waals surface area (Å²) < 4.78 is 40.1. The molecule has 4 heterocycles. The average Bonchev–Trinajstić information content (AvgIpc) is 1.48. The fraction of sp³-hybridized carbons (Fsp3) is 0.500. The van der Waals surface area contributed by atoms with Crippen LogP contribution in [0.25, 0.3) is 44.3 Å². The third-order valence-electron chi connectivity index (χ3n) is 18.3. The summed E-state index contributed by atoms with van der Waals surface area (Å²) in [5.74, 6) is -1.74. The van der Waals surface area contributed by atoms with Gasteiger partial charge in [0.2, 0.25) is 17.7 Å². The number of carboxylic acid groups (broad SMARTS) is 2. The zero-order chi connectivity index (χ0) is 73.5. The molecule has 2 saturated carbocycles. The highest BCUT2D eigenvalue weighted by Crippen LogP contribution is 2.40. The Labute approximate surface area is 584 Å². The Hall–Kier alpha value is -9.74. The Morgan fingerprint density at radius 3 is 1.34 bits per heavy atom. The number of carboxylic acids is 2.